The van der Waals surface area contributed by atoms with Crippen LogP contribution in [0.2, 0.25) is 0 Å². The number of nitrogens with zero attached hydrogens (tertiary/aromatic N) is 1. The van der Waals surface area contributed by atoms with Gasteiger partial charge in [-0.3, -0.25) is 9.78 Å². The quantitative estimate of drug-likeness (QED) is 0.867. The van der Waals surface area contributed by atoms with Gasteiger partial charge in [-0.25, -0.2) is 0 Å². The molecule has 0 spiro atoms. The molecule has 0 saturated carbocycles. The standard InChI is InChI=1S/C14H15N3O/c1-2-10-5-3-4-6-12(10)17-14(18)13-9-11(15)7-8-16-13/h3-9H,2H2,1H3,(H2,15,16)(H,17,18). The average Bonchev–Trinajstić information content (AvgIpc) is 2.39. The van der Waals surface area contributed by atoms with Gasteiger partial charge in [0, 0.05) is 17.6 Å². The summed E-state index contributed by atoms with van der Waals surface area (Å²) in [6.07, 6.45) is 2.39. The molecular formula is C14H15N3O. The number of nitrogens with two attached hydrogens (primary N) is 1. The first-order chi connectivity index (χ1) is 8.70. The van der Waals surface area contributed by atoms with Crippen molar-refractivity contribution < 1.29 is 4.79 Å². The molecule has 0 atom stereocenters. The lowest BCUT2D eigenvalue weighted by Gasteiger charge is -2.09. The maximum Gasteiger partial charge on any atom is 0.274 e. The van der Waals surface area contributed by atoms with Crippen molar-refractivity contribution >= 4 is 17.3 Å². The third kappa shape index (κ3) is 2.66. The highest BCUT2D eigenvalue weighted by Crippen LogP contribution is 2.16. The van der Waals surface area contributed by atoms with Gasteiger partial charge in [0.15, 0.2) is 0 Å². The van der Waals surface area contributed by atoms with Crippen LogP contribution in [0.4, 0.5) is 11.4 Å². The van der Waals surface area contributed by atoms with E-state index in [1.165, 1.54) is 6.20 Å². The molecule has 18 heavy (non-hydrogen) atoms. The van der Waals surface area contributed by atoms with E-state index in [0.717, 1.165) is 17.7 Å². The number of aryl methyl sites for hydroxylation is 1. The van der Waals surface area contributed by atoms with Crippen LogP contribution in [-0.2, 0) is 6.42 Å². The van der Waals surface area contributed by atoms with Gasteiger partial charge in [0.2, 0.25) is 0 Å². The molecule has 1 aromatic carbocycles. The smallest absolute Gasteiger partial charge is 0.274 e. The number of rotatable bonds is 3. The minimum Gasteiger partial charge on any atom is -0.399 e. The monoisotopic (exact) mass is 241 g/mol. The number of carbonyl (C=O) groups is 1. The number of nitrogen functional groups attached to an aromatic ring is 1. The van der Waals surface area contributed by atoms with Crippen LogP contribution in [0.25, 0.3) is 0 Å². The Hall–Kier alpha value is -2.36. The topological polar surface area (TPSA) is 68.0 Å². The maximum atomic E-state index is 12.0. The highest BCUT2D eigenvalue weighted by Gasteiger charge is 2.09. The summed E-state index contributed by atoms with van der Waals surface area (Å²) >= 11 is 0. The van der Waals surface area contributed by atoms with Crippen molar-refractivity contribution in [3.63, 3.8) is 0 Å². The number of anilines is 2. The van der Waals surface area contributed by atoms with E-state index in [0.29, 0.717) is 11.4 Å². The third-order valence-corrected chi connectivity index (χ3v) is 2.66. The minimum absolute atomic E-state index is 0.247. The van der Waals surface area contributed by atoms with Crippen LogP contribution < -0.4 is 11.1 Å². The molecule has 4 nitrogen and oxygen atoms in total. The number of aromatic nitrogens is 1. The Balaban J connectivity index is 2.21. The van der Waals surface area contributed by atoms with E-state index in [4.69, 9.17) is 5.73 Å². The summed E-state index contributed by atoms with van der Waals surface area (Å²) in [7, 11) is 0. The lowest BCUT2D eigenvalue weighted by molar-refractivity contribution is 0.102. The fourth-order valence-electron chi connectivity index (χ4n) is 1.71. The molecule has 4 heteroatoms. The summed E-state index contributed by atoms with van der Waals surface area (Å²) in [6, 6.07) is 10.9. The van der Waals surface area contributed by atoms with Crippen molar-refractivity contribution in [1.82, 2.24) is 4.98 Å². The first-order valence-corrected chi connectivity index (χ1v) is 5.81. The Morgan fingerprint density at radius 2 is 2.11 bits per heavy atom. The SMILES string of the molecule is CCc1ccccc1NC(=O)c1cc(N)ccn1. The van der Waals surface area contributed by atoms with Crippen LogP contribution in [-0.4, -0.2) is 10.9 Å². The summed E-state index contributed by atoms with van der Waals surface area (Å²) < 4.78 is 0. The number of nitrogens with one attached hydrogen (secondary N) is 1. The Morgan fingerprint density at radius 3 is 2.83 bits per heavy atom. The summed E-state index contributed by atoms with van der Waals surface area (Å²) in [6.45, 7) is 2.05. The molecule has 0 radical (unpaired) electrons. The Labute approximate surface area is 106 Å². The van der Waals surface area contributed by atoms with E-state index in [1.54, 1.807) is 12.1 Å². The van der Waals surface area contributed by atoms with Gasteiger partial charge in [0.05, 0.1) is 0 Å². The Kier molecular flexibility index (Phi) is 3.57. The van der Waals surface area contributed by atoms with Crippen molar-refractivity contribution in [1.29, 1.82) is 0 Å². The number of hydrogen-bond donors (Lipinski definition) is 2. The number of amides is 1. The molecule has 2 rings (SSSR count). The molecule has 0 aliphatic rings. The van der Waals surface area contributed by atoms with Gasteiger partial charge in [-0.2, -0.15) is 0 Å². The zero-order valence-corrected chi connectivity index (χ0v) is 10.2. The zero-order valence-electron chi connectivity index (χ0n) is 10.2. The second-order valence-corrected chi connectivity index (χ2v) is 3.94. The normalized spacial score (nSPS) is 10.1. The number of pyridine rings is 1. The molecule has 3 N–H and O–H groups in total. The van der Waals surface area contributed by atoms with Gasteiger partial charge < -0.3 is 11.1 Å². The number of benzene rings is 1. The molecule has 2 aromatic rings. The van der Waals surface area contributed by atoms with Gasteiger partial charge in [-0.05, 0) is 30.2 Å². The largest absolute Gasteiger partial charge is 0.399 e. The van der Waals surface area contributed by atoms with Crippen LogP contribution in [0.1, 0.15) is 23.0 Å². The molecule has 0 aliphatic carbocycles. The summed E-state index contributed by atoms with van der Waals surface area (Å²) in [5, 5.41) is 2.85. The van der Waals surface area contributed by atoms with E-state index in [2.05, 4.69) is 10.3 Å². The zero-order chi connectivity index (χ0) is 13.0. The summed E-state index contributed by atoms with van der Waals surface area (Å²) in [5.41, 5.74) is 8.38. The number of para-hydroxylation sites is 1. The highest BCUT2D eigenvalue weighted by molar-refractivity contribution is 6.03. The Bertz CT molecular complexity index is 566. The van der Waals surface area contributed by atoms with Crippen LogP contribution in [0.15, 0.2) is 42.6 Å². The molecule has 0 unspecified atom stereocenters. The molecule has 92 valence electrons. The first kappa shape index (κ1) is 12.1. The fraction of sp³-hybridized carbons (Fsp3) is 0.143. The molecular weight excluding hydrogens is 226 g/mol. The molecule has 0 fully saturated rings. The van der Waals surface area contributed by atoms with Crippen LogP contribution in [0, 0.1) is 0 Å². The molecule has 1 amide bonds. The van der Waals surface area contributed by atoms with Crippen molar-refractivity contribution in [3.8, 4) is 0 Å². The van der Waals surface area contributed by atoms with Gasteiger partial charge >= 0.3 is 0 Å². The summed E-state index contributed by atoms with van der Waals surface area (Å²) in [5.74, 6) is -0.247. The van der Waals surface area contributed by atoms with Gasteiger partial charge in [-0.1, -0.05) is 25.1 Å². The molecule has 1 aromatic heterocycles. The van der Waals surface area contributed by atoms with Crippen molar-refractivity contribution in [2.24, 2.45) is 0 Å². The number of hydrogen-bond acceptors (Lipinski definition) is 3. The van der Waals surface area contributed by atoms with Crippen molar-refractivity contribution in [2.75, 3.05) is 11.1 Å². The second kappa shape index (κ2) is 5.31. The fourth-order valence-corrected chi connectivity index (χ4v) is 1.71. The molecule has 0 aliphatic heterocycles. The van der Waals surface area contributed by atoms with E-state index < -0.39 is 0 Å². The lowest BCUT2D eigenvalue weighted by Crippen LogP contribution is -2.15. The molecule has 0 bridgehead atoms. The minimum atomic E-state index is -0.247. The number of carbonyl (C=O) groups excluding carboxylic acids is 1. The van der Waals surface area contributed by atoms with Gasteiger partial charge in [-0.15, -0.1) is 0 Å². The van der Waals surface area contributed by atoms with Gasteiger partial charge in [0.25, 0.3) is 5.91 Å². The van der Waals surface area contributed by atoms with Gasteiger partial charge in [0.1, 0.15) is 5.69 Å². The molecule has 1 heterocycles. The third-order valence-electron chi connectivity index (χ3n) is 2.66. The van der Waals surface area contributed by atoms with Crippen LogP contribution >= 0.6 is 0 Å². The predicted octanol–water partition coefficient (Wildman–Crippen LogP) is 2.48. The highest BCUT2D eigenvalue weighted by atomic mass is 16.1. The Morgan fingerprint density at radius 1 is 1.33 bits per heavy atom. The van der Waals surface area contributed by atoms with Crippen LogP contribution in [0.5, 0.6) is 0 Å². The van der Waals surface area contributed by atoms with E-state index in [-0.39, 0.29) is 5.91 Å². The lowest BCUT2D eigenvalue weighted by atomic mass is 10.1. The first-order valence-electron chi connectivity index (χ1n) is 5.81. The van der Waals surface area contributed by atoms with E-state index in [9.17, 15) is 4.79 Å². The van der Waals surface area contributed by atoms with E-state index >= 15 is 0 Å². The predicted molar refractivity (Wildman–Crippen MR) is 72.4 cm³/mol. The maximum absolute atomic E-state index is 12.0. The molecule has 0 saturated heterocycles. The summed E-state index contributed by atoms with van der Waals surface area (Å²) in [4.78, 5) is 16.0. The van der Waals surface area contributed by atoms with Crippen LogP contribution in [0.3, 0.4) is 0 Å². The average molecular weight is 241 g/mol. The van der Waals surface area contributed by atoms with Crippen molar-refractivity contribution in [2.45, 2.75) is 13.3 Å². The van der Waals surface area contributed by atoms with E-state index in [1.807, 2.05) is 31.2 Å². The second-order valence-electron chi connectivity index (χ2n) is 3.94. The van der Waals surface area contributed by atoms with Crippen molar-refractivity contribution in [3.05, 3.63) is 53.9 Å².